The topological polar surface area (TPSA) is 42.0 Å². The summed E-state index contributed by atoms with van der Waals surface area (Å²) >= 11 is 14.4. The molecule has 0 amide bonds. The van der Waals surface area contributed by atoms with E-state index in [9.17, 15) is 4.79 Å². The van der Waals surface area contributed by atoms with Gasteiger partial charge >= 0.3 is 5.97 Å². The van der Waals surface area contributed by atoms with Crippen LogP contribution in [0.4, 0.5) is 0 Å². The molecule has 5 nitrogen and oxygen atoms in total. The summed E-state index contributed by atoms with van der Waals surface area (Å²) in [6.07, 6.45) is 3.13. The summed E-state index contributed by atoms with van der Waals surface area (Å²) in [6.45, 7) is 9.79. The largest absolute Gasteiger partial charge is 0.466 e. The van der Waals surface area contributed by atoms with Gasteiger partial charge in [0.25, 0.3) is 0 Å². The van der Waals surface area contributed by atoms with Crippen molar-refractivity contribution in [3.8, 4) is 0 Å². The van der Waals surface area contributed by atoms with Gasteiger partial charge in [-0.25, -0.2) is 0 Å². The number of likely N-dealkylation sites (tertiary alicyclic amines) is 2. The van der Waals surface area contributed by atoms with Crippen LogP contribution in [0.3, 0.4) is 0 Å². The van der Waals surface area contributed by atoms with Crippen LogP contribution in [0.2, 0.25) is 10.0 Å². The molecule has 2 aliphatic heterocycles. The normalized spacial score (nSPS) is 22.0. The van der Waals surface area contributed by atoms with Gasteiger partial charge in [-0.05, 0) is 77.9 Å². The molecule has 2 saturated heterocycles. The first kappa shape index (κ1) is 26.9. The summed E-state index contributed by atoms with van der Waals surface area (Å²) in [6, 6.07) is 8.13. The molecule has 0 bridgehead atoms. The van der Waals surface area contributed by atoms with Gasteiger partial charge in [0.1, 0.15) is 0 Å². The van der Waals surface area contributed by atoms with Gasteiger partial charge in [0.05, 0.1) is 6.61 Å². The Morgan fingerprint density at radius 1 is 1.11 bits per heavy atom. The molecule has 0 spiro atoms. The first-order chi connectivity index (χ1) is 17.0. The summed E-state index contributed by atoms with van der Waals surface area (Å²) < 4.78 is 10.8. The van der Waals surface area contributed by atoms with Gasteiger partial charge in [-0.2, -0.15) is 11.3 Å². The molecule has 1 aromatic heterocycles. The first-order valence-corrected chi connectivity index (χ1v) is 14.3. The first-order valence-electron chi connectivity index (χ1n) is 12.6. The van der Waals surface area contributed by atoms with Gasteiger partial charge in [0.2, 0.25) is 0 Å². The van der Waals surface area contributed by atoms with Crippen LogP contribution in [0.15, 0.2) is 35.0 Å². The standard InChI is InChI=1S/C27H36Cl2N2O3S/c1-20(32)34-11-2-10-33-18-21-5-8-30(9-6-21)15-24-16-31(17-26(24)23-7-12-35-19-23)14-22-3-4-25(28)13-27(22)29/h3-4,7,12-13,19,21,24,26H,2,5-6,8-11,14-18H2,1H3/t24?,26-/m1/s1. The van der Waals surface area contributed by atoms with E-state index in [1.54, 1.807) is 11.3 Å². The molecule has 0 N–H and O–H groups in total. The Hall–Kier alpha value is -1.15. The van der Waals surface area contributed by atoms with Crippen molar-refractivity contribution in [1.82, 2.24) is 9.80 Å². The van der Waals surface area contributed by atoms with E-state index in [1.165, 1.54) is 25.3 Å². The molecule has 0 saturated carbocycles. The van der Waals surface area contributed by atoms with Crippen molar-refractivity contribution in [3.05, 3.63) is 56.2 Å². The fraction of sp³-hybridized carbons (Fsp3) is 0.593. The third kappa shape index (κ3) is 8.17. The number of halogens is 2. The summed E-state index contributed by atoms with van der Waals surface area (Å²) in [5.41, 5.74) is 2.62. The highest BCUT2D eigenvalue weighted by Crippen LogP contribution is 2.36. The van der Waals surface area contributed by atoms with Crippen LogP contribution in [0.1, 0.15) is 43.2 Å². The average molecular weight is 540 g/mol. The second kappa shape index (κ2) is 13.4. The summed E-state index contributed by atoms with van der Waals surface area (Å²) in [5.74, 6) is 1.58. The zero-order valence-electron chi connectivity index (χ0n) is 20.5. The molecule has 8 heteroatoms. The summed E-state index contributed by atoms with van der Waals surface area (Å²) in [5, 5.41) is 5.96. The minimum Gasteiger partial charge on any atom is -0.466 e. The van der Waals surface area contributed by atoms with E-state index in [0.29, 0.717) is 36.0 Å². The van der Waals surface area contributed by atoms with Crippen LogP contribution < -0.4 is 0 Å². The van der Waals surface area contributed by atoms with Crippen LogP contribution in [-0.4, -0.2) is 68.3 Å². The molecule has 2 atom stereocenters. The molecule has 3 heterocycles. The second-order valence-electron chi connectivity index (χ2n) is 9.87. The molecule has 1 aromatic carbocycles. The molecule has 2 aliphatic rings. The number of hydrogen-bond acceptors (Lipinski definition) is 6. The van der Waals surface area contributed by atoms with Gasteiger partial charge in [-0.1, -0.05) is 29.3 Å². The van der Waals surface area contributed by atoms with E-state index in [4.69, 9.17) is 32.7 Å². The number of benzene rings is 1. The smallest absolute Gasteiger partial charge is 0.302 e. The molecular formula is C27H36Cl2N2O3S. The lowest BCUT2D eigenvalue weighted by molar-refractivity contribution is -0.141. The zero-order valence-corrected chi connectivity index (χ0v) is 22.8. The van der Waals surface area contributed by atoms with Crippen molar-refractivity contribution in [1.29, 1.82) is 0 Å². The third-order valence-corrected chi connectivity index (χ3v) is 8.48. The number of ether oxygens (including phenoxy) is 2. The zero-order chi connectivity index (χ0) is 24.6. The van der Waals surface area contributed by atoms with E-state index in [1.807, 2.05) is 12.1 Å². The van der Waals surface area contributed by atoms with E-state index in [0.717, 1.165) is 62.9 Å². The Bertz CT molecular complexity index is 935. The summed E-state index contributed by atoms with van der Waals surface area (Å²) in [4.78, 5) is 16.0. The number of carbonyl (C=O) groups excluding carboxylic acids is 1. The van der Waals surface area contributed by atoms with E-state index in [-0.39, 0.29) is 5.97 Å². The monoisotopic (exact) mass is 538 g/mol. The summed E-state index contributed by atoms with van der Waals surface area (Å²) in [7, 11) is 0. The van der Waals surface area contributed by atoms with Crippen molar-refractivity contribution in [2.24, 2.45) is 11.8 Å². The van der Waals surface area contributed by atoms with Gasteiger partial charge in [-0.15, -0.1) is 0 Å². The molecule has 2 aromatic rings. The van der Waals surface area contributed by atoms with Crippen LogP contribution in [0, 0.1) is 11.8 Å². The Morgan fingerprint density at radius 2 is 1.94 bits per heavy atom. The molecule has 0 radical (unpaired) electrons. The van der Waals surface area contributed by atoms with Crippen LogP contribution in [0.5, 0.6) is 0 Å². The quantitative estimate of drug-likeness (QED) is 0.261. The maximum atomic E-state index is 10.8. The number of esters is 1. The van der Waals surface area contributed by atoms with Gasteiger partial charge < -0.3 is 14.4 Å². The van der Waals surface area contributed by atoms with E-state index < -0.39 is 0 Å². The Balaban J connectivity index is 1.24. The van der Waals surface area contributed by atoms with Gasteiger partial charge in [0, 0.05) is 68.7 Å². The number of piperidine rings is 1. The molecule has 4 rings (SSSR count). The highest BCUT2D eigenvalue weighted by molar-refractivity contribution is 7.08. The van der Waals surface area contributed by atoms with Crippen LogP contribution >= 0.6 is 34.5 Å². The predicted octanol–water partition coefficient (Wildman–Crippen LogP) is 5.95. The SMILES string of the molecule is CC(=O)OCCCOCC1CCN(CC2CN(Cc3ccc(Cl)cc3Cl)C[C@@H]2c2ccsc2)CC1. The van der Waals surface area contributed by atoms with E-state index >= 15 is 0 Å². The number of carbonyl (C=O) groups is 1. The predicted molar refractivity (Wildman–Crippen MR) is 144 cm³/mol. The van der Waals surface area contributed by atoms with Gasteiger partial charge in [-0.3, -0.25) is 9.69 Å². The molecular weight excluding hydrogens is 503 g/mol. The maximum absolute atomic E-state index is 10.8. The number of nitrogens with zero attached hydrogens (tertiary/aromatic N) is 2. The maximum Gasteiger partial charge on any atom is 0.302 e. The number of rotatable bonds is 11. The molecule has 2 fully saturated rings. The Kier molecular flexibility index (Phi) is 10.3. The fourth-order valence-corrected chi connectivity index (χ4v) is 6.52. The lowest BCUT2D eigenvalue weighted by atomic mass is 9.89. The van der Waals surface area contributed by atoms with Gasteiger partial charge in [0.15, 0.2) is 0 Å². The van der Waals surface area contributed by atoms with Crippen molar-refractivity contribution in [3.63, 3.8) is 0 Å². The Morgan fingerprint density at radius 3 is 2.66 bits per heavy atom. The highest BCUT2D eigenvalue weighted by Gasteiger charge is 2.36. The fourth-order valence-electron chi connectivity index (χ4n) is 5.32. The molecule has 0 aliphatic carbocycles. The average Bonchev–Trinajstić information content (AvgIpc) is 3.49. The minimum absolute atomic E-state index is 0.224. The Labute approximate surface area is 223 Å². The van der Waals surface area contributed by atoms with E-state index in [2.05, 4.69) is 32.7 Å². The molecule has 192 valence electrons. The van der Waals surface area contributed by atoms with Crippen molar-refractivity contribution in [2.75, 3.05) is 52.5 Å². The number of hydrogen-bond donors (Lipinski definition) is 0. The lowest BCUT2D eigenvalue weighted by Gasteiger charge is -2.34. The van der Waals surface area contributed by atoms with Crippen molar-refractivity contribution >= 4 is 40.5 Å². The number of thiophene rings is 1. The van der Waals surface area contributed by atoms with Crippen molar-refractivity contribution in [2.45, 2.75) is 38.6 Å². The van der Waals surface area contributed by atoms with Crippen LogP contribution in [0.25, 0.3) is 0 Å². The highest BCUT2D eigenvalue weighted by atomic mass is 35.5. The third-order valence-electron chi connectivity index (χ3n) is 7.19. The minimum atomic E-state index is -0.224. The molecule has 1 unspecified atom stereocenters. The van der Waals surface area contributed by atoms with Crippen LogP contribution in [-0.2, 0) is 20.8 Å². The van der Waals surface area contributed by atoms with Crippen molar-refractivity contribution < 1.29 is 14.3 Å². The second-order valence-corrected chi connectivity index (χ2v) is 11.5. The lowest BCUT2D eigenvalue weighted by Crippen LogP contribution is -2.39. The molecule has 35 heavy (non-hydrogen) atoms.